The molecule has 0 radical (unpaired) electrons. The van der Waals surface area contributed by atoms with E-state index in [-0.39, 0.29) is 6.04 Å². The zero-order chi connectivity index (χ0) is 13.5. The summed E-state index contributed by atoms with van der Waals surface area (Å²) in [5, 5.41) is 0. The maximum atomic E-state index is 5.89. The van der Waals surface area contributed by atoms with Gasteiger partial charge in [-0.25, -0.2) is 0 Å². The Hall–Kier alpha value is -1.77. The molecule has 1 aromatic rings. The van der Waals surface area contributed by atoms with Gasteiger partial charge in [0.1, 0.15) is 11.6 Å². The lowest BCUT2D eigenvalue weighted by Crippen LogP contribution is -2.17. The number of ether oxygens (including phenoxy) is 1. The van der Waals surface area contributed by atoms with Crippen LogP contribution in [0.4, 0.5) is 0 Å². The van der Waals surface area contributed by atoms with E-state index in [1.807, 2.05) is 32.1 Å². The predicted molar refractivity (Wildman–Crippen MR) is 77.2 cm³/mol. The van der Waals surface area contributed by atoms with Crippen molar-refractivity contribution in [1.82, 2.24) is 0 Å². The molecule has 0 spiro atoms. The lowest BCUT2D eigenvalue weighted by Gasteiger charge is -2.09. The molecule has 0 amide bonds. The van der Waals surface area contributed by atoms with E-state index in [4.69, 9.17) is 10.5 Å². The van der Waals surface area contributed by atoms with Gasteiger partial charge in [-0.05, 0) is 50.5 Å². The molecule has 1 atom stereocenters. The molecule has 1 aromatic carbocycles. The van der Waals surface area contributed by atoms with Crippen LogP contribution < -0.4 is 10.5 Å². The lowest BCUT2D eigenvalue weighted by atomic mass is 10.1. The fourth-order valence-electron chi connectivity index (χ4n) is 1.64. The van der Waals surface area contributed by atoms with Gasteiger partial charge < -0.3 is 10.5 Å². The maximum Gasteiger partial charge on any atom is 0.121 e. The smallest absolute Gasteiger partial charge is 0.121 e. The highest BCUT2D eigenvalue weighted by molar-refractivity contribution is 5.96. The van der Waals surface area contributed by atoms with Crippen molar-refractivity contribution in [2.24, 2.45) is 10.7 Å². The molecule has 98 valence electrons. The summed E-state index contributed by atoms with van der Waals surface area (Å²) in [7, 11) is 1.67. The van der Waals surface area contributed by atoms with Crippen molar-refractivity contribution in [2.45, 2.75) is 33.2 Å². The Morgan fingerprint density at radius 3 is 2.50 bits per heavy atom. The number of nitrogens with zero attached hydrogens (tertiary/aromatic N) is 1. The Labute approximate surface area is 109 Å². The van der Waals surface area contributed by atoms with Gasteiger partial charge >= 0.3 is 0 Å². The van der Waals surface area contributed by atoms with Crippen molar-refractivity contribution in [1.29, 1.82) is 0 Å². The molecule has 1 rings (SSSR count). The molecule has 0 bridgehead atoms. The first-order valence-electron chi connectivity index (χ1n) is 6.16. The molecule has 0 aliphatic carbocycles. The molecule has 1 unspecified atom stereocenters. The van der Waals surface area contributed by atoms with E-state index in [0.717, 1.165) is 17.7 Å². The first-order chi connectivity index (χ1) is 8.56. The first-order valence-corrected chi connectivity index (χ1v) is 6.16. The minimum atomic E-state index is 0.174. The second-order valence-electron chi connectivity index (χ2n) is 4.39. The number of hydrogen-bond donors (Lipinski definition) is 1. The average molecular weight is 246 g/mol. The van der Waals surface area contributed by atoms with Gasteiger partial charge in [0.25, 0.3) is 0 Å². The van der Waals surface area contributed by atoms with Crippen molar-refractivity contribution in [2.75, 3.05) is 7.11 Å². The van der Waals surface area contributed by atoms with Gasteiger partial charge in [0, 0.05) is 0 Å². The van der Waals surface area contributed by atoms with Crippen LogP contribution in [-0.4, -0.2) is 19.0 Å². The fourth-order valence-corrected chi connectivity index (χ4v) is 1.64. The third-order valence-corrected chi connectivity index (χ3v) is 2.89. The molecular formula is C15H22N2O. The topological polar surface area (TPSA) is 47.6 Å². The van der Waals surface area contributed by atoms with Gasteiger partial charge in [-0.15, -0.1) is 0 Å². The van der Waals surface area contributed by atoms with E-state index in [2.05, 4.69) is 24.0 Å². The molecule has 0 aliphatic rings. The van der Waals surface area contributed by atoms with Crippen LogP contribution in [0.3, 0.4) is 0 Å². The van der Waals surface area contributed by atoms with Crippen LogP contribution in [0.2, 0.25) is 0 Å². The minimum absolute atomic E-state index is 0.174. The standard InChI is InChI=1S/C15H22N2O/c1-5-11(2)15(16)17-12(3)10-13-6-8-14(18-4)9-7-13/h5-9,12H,10H2,1-4H3,(H2,16,17)/b11-5-. The molecule has 18 heavy (non-hydrogen) atoms. The number of benzene rings is 1. The fraction of sp³-hybridized carbons (Fsp3) is 0.400. The van der Waals surface area contributed by atoms with Gasteiger partial charge in [-0.3, -0.25) is 4.99 Å². The molecule has 3 nitrogen and oxygen atoms in total. The highest BCUT2D eigenvalue weighted by Crippen LogP contribution is 2.13. The molecule has 0 aromatic heterocycles. The quantitative estimate of drug-likeness (QED) is 0.641. The van der Waals surface area contributed by atoms with Crippen molar-refractivity contribution in [3.8, 4) is 5.75 Å². The number of rotatable bonds is 5. The van der Waals surface area contributed by atoms with E-state index in [1.165, 1.54) is 5.56 Å². The van der Waals surface area contributed by atoms with Crippen LogP contribution in [0, 0.1) is 0 Å². The molecule has 0 heterocycles. The number of allylic oxidation sites excluding steroid dienone is 1. The summed E-state index contributed by atoms with van der Waals surface area (Å²) >= 11 is 0. The van der Waals surface area contributed by atoms with E-state index < -0.39 is 0 Å². The summed E-state index contributed by atoms with van der Waals surface area (Å²) in [6.45, 7) is 6.00. The second-order valence-corrected chi connectivity index (χ2v) is 4.39. The highest BCUT2D eigenvalue weighted by atomic mass is 16.5. The van der Waals surface area contributed by atoms with Crippen molar-refractivity contribution in [3.63, 3.8) is 0 Å². The van der Waals surface area contributed by atoms with Crippen molar-refractivity contribution >= 4 is 5.84 Å². The third kappa shape index (κ3) is 4.24. The number of amidine groups is 1. The Morgan fingerprint density at radius 1 is 1.39 bits per heavy atom. The van der Waals surface area contributed by atoms with Crippen LogP contribution in [-0.2, 0) is 6.42 Å². The molecule has 0 saturated heterocycles. The van der Waals surface area contributed by atoms with E-state index in [1.54, 1.807) is 7.11 Å². The summed E-state index contributed by atoms with van der Waals surface area (Å²) in [6.07, 6.45) is 2.85. The van der Waals surface area contributed by atoms with Crippen LogP contribution in [0.5, 0.6) is 5.75 Å². The van der Waals surface area contributed by atoms with Gasteiger partial charge in [0.15, 0.2) is 0 Å². The summed E-state index contributed by atoms with van der Waals surface area (Å²) < 4.78 is 5.13. The average Bonchev–Trinajstić information content (AvgIpc) is 2.38. The molecule has 0 fully saturated rings. The van der Waals surface area contributed by atoms with Crippen molar-refractivity contribution < 1.29 is 4.74 Å². The van der Waals surface area contributed by atoms with Gasteiger partial charge in [0.2, 0.25) is 0 Å². The van der Waals surface area contributed by atoms with Crippen LogP contribution in [0.15, 0.2) is 40.9 Å². The summed E-state index contributed by atoms with van der Waals surface area (Å²) in [5.41, 5.74) is 8.15. The van der Waals surface area contributed by atoms with Gasteiger partial charge in [-0.2, -0.15) is 0 Å². The predicted octanol–water partition coefficient (Wildman–Crippen LogP) is 2.95. The zero-order valence-corrected chi connectivity index (χ0v) is 11.6. The Kier molecular flexibility index (Phi) is 5.43. The molecule has 2 N–H and O–H groups in total. The minimum Gasteiger partial charge on any atom is -0.497 e. The SMILES string of the molecule is C/C=C(/C)C(N)=NC(C)Cc1ccc(OC)cc1. The summed E-state index contributed by atoms with van der Waals surface area (Å²) in [6, 6.07) is 8.22. The lowest BCUT2D eigenvalue weighted by molar-refractivity contribution is 0.414. The van der Waals surface area contributed by atoms with Crippen molar-refractivity contribution in [3.05, 3.63) is 41.5 Å². The maximum absolute atomic E-state index is 5.89. The second kappa shape index (κ2) is 6.84. The molecule has 0 aliphatic heterocycles. The molecule has 3 heteroatoms. The monoisotopic (exact) mass is 246 g/mol. The molecular weight excluding hydrogens is 224 g/mol. The number of aliphatic imine (C=N–C) groups is 1. The van der Waals surface area contributed by atoms with Crippen LogP contribution >= 0.6 is 0 Å². The molecule has 0 saturated carbocycles. The number of hydrogen-bond acceptors (Lipinski definition) is 2. The van der Waals surface area contributed by atoms with Gasteiger partial charge in [-0.1, -0.05) is 18.2 Å². The summed E-state index contributed by atoms with van der Waals surface area (Å²) in [5.74, 6) is 1.50. The van der Waals surface area contributed by atoms with E-state index in [0.29, 0.717) is 5.84 Å². The Bertz CT molecular complexity index is 432. The normalized spacial score (nSPS) is 14.4. The Balaban J connectivity index is 2.66. The highest BCUT2D eigenvalue weighted by Gasteiger charge is 2.04. The van der Waals surface area contributed by atoms with Gasteiger partial charge in [0.05, 0.1) is 13.2 Å². The Morgan fingerprint density at radius 2 is 2.00 bits per heavy atom. The number of nitrogens with two attached hydrogens (primary N) is 1. The van der Waals surface area contributed by atoms with Crippen LogP contribution in [0.1, 0.15) is 26.3 Å². The zero-order valence-electron chi connectivity index (χ0n) is 11.6. The third-order valence-electron chi connectivity index (χ3n) is 2.89. The van der Waals surface area contributed by atoms with E-state index >= 15 is 0 Å². The first kappa shape index (κ1) is 14.3. The largest absolute Gasteiger partial charge is 0.497 e. The number of methoxy groups -OCH3 is 1. The summed E-state index contributed by atoms with van der Waals surface area (Å²) in [4.78, 5) is 4.48. The van der Waals surface area contributed by atoms with Crippen LogP contribution in [0.25, 0.3) is 0 Å². The van der Waals surface area contributed by atoms with E-state index in [9.17, 15) is 0 Å².